The van der Waals surface area contributed by atoms with Gasteiger partial charge in [-0.2, -0.15) is 0 Å². The van der Waals surface area contributed by atoms with Crippen LogP contribution in [0.15, 0.2) is 30.3 Å². The van der Waals surface area contributed by atoms with Gasteiger partial charge in [0.25, 0.3) is 0 Å². The first-order valence-electron chi connectivity index (χ1n) is 4.50. The van der Waals surface area contributed by atoms with Gasteiger partial charge in [0.05, 0.1) is 0 Å². The Bertz CT molecular complexity index is 328. The summed E-state index contributed by atoms with van der Waals surface area (Å²) in [6, 6.07) is 7.13. The van der Waals surface area contributed by atoms with E-state index in [1.165, 1.54) is 0 Å². The van der Waals surface area contributed by atoms with Crippen LogP contribution in [0.5, 0.6) is 0 Å². The van der Waals surface area contributed by atoms with Gasteiger partial charge < -0.3 is 11.5 Å². The molecule has 0 bridgehead atoms. The van der Waals surface area contributed by atoms with Crippen molar-refractivity contribution in [3.8, 4) is 0 Å². The number of benzene rings is 1. The van der Waals surface area contributed by atoms with Gasteiger partial charge in [-0.25, -0.2) is 0 Å². The van der Waals surface area contributed by atoms with Crippen LogP contribution in [0.3, 0.4) is 0 Å². The summed E-state index contributed by atoms with van der Waals surface area (Å²) in [7, 11) is 0. The Morgan fingerprint density at radius 1 is 1.29 bits per heavy atom. The van der Waals surface area contributed by atoms with Crippen molar-refractivity contribution in [2.75, 3.05) is 6.54 Å². The highest BCUT2D eigenvalue weighted by Crippen LogP contribution is 2.05. The fourth-order valence-electron chi connectivity index (χ4n) is 1.07. The molecular formula is C11H14N2O. The van der Waals surface area contributed by atoms with Crippen LogP contribution in [0.1, 0.15) is 22.3 Å². The van der Waals surface area contributed by atoms with Gasteiger partial charge in [0, 0.05) is 5.56 Å². The van der Waals surface area contributed by atoms with Crippen molar-refractivity contribution in [1.82, 2.24) is 0 Å². The van der Waals surface area contributed by atoms with Crippen LogP contribution >= 0.6 is 0 Å². The lowest BCUT2D eigenvalue weighted by Gasteiger charge is -1.96. The van der Waals surface area contributed by atoms with E-state index >= 15 is 0 Å². The Balaban J connectivity index is 2.68. The predicted octanol–water partition coefficient (Wildman–Crippen LogP) is 1.15. The molecule has 74 valence electrons. The zero-order chi connectivity index (χ0) is 10.4. The quantitative estimate of drug-likeness (QED) is 0.747. The molecular weight excluding hydrogens is 176 g/mol. The minimum Gasteiger partial charge on any atom is -0.366 e. The largest absolute Gasteiger partial charge is 0.366 e. The summed E-state index contributed by atoms with van der Waals surface area (Å²) in [5.41, 5.74) is 12.0. The third kappa shape index (κ3) is 3.03. The zero-order valence-electron chi connectivity index (χ0n) is 7.94. The maximum Gasteiger partial charge on any atom is 0.248 e. The summed E-state index contributed by atoms with van der Waals surface area (Å²) in [5.74, 6) is -0.400. The maximum absolute atomic E-state index is 10.8. The van der Waals surface area contributed by atoms with Crippen molar-refractivity contribution >= 4 is 12.0 Å². The lowest BCUT2D eigenvalue weighted by molar-refractivity contribution is 0.100. The number of primary amides is 1. The second-order valence-corrected chi connectivity index (χ2v) is 2.97. The summed E-state index contributed by atoms with van der Waals surface area (Å²) in [4.78, 5) is 10.8. The van der Waals surface area contributed by atoms with Crippen molar-refractivity contribution in [1.29, 1.82) is 0 Å². The van der Waals surface area contributed by atoms with Crippen LogP contribution in [0.25, 0.3) is 6.08 Å². The number of hydrogen-bond acceptors (Lipinski definition) is 2. The SMILES string of the molecule is NCCC=Cc1ccc(C(N)=O)cc1. The predicted molar refractivity (Wildman–Crippen MR) is 57.7 cm³/mol. The summed E-state index contributed by atoms with van der Waals surface area (Å²) in [5, 5.41) is 0. The van der Waals surface area contributed by atoms with E-state index in [1.807, 2.05) is 24.3 Å². The highest BCUT2D eigenvalue weighted by molar-refractivity contribution is 5.92. The molecule has 1 amide bonds. The maximum atomic E-state index is 10.8. The fourth-order valence-corrected chi connectivity index (χ4v) is 1.07. The van der Waals surface area contributed by atoms with E-state index in [2.05, 4.69) is 0 Å². The number of rotatable bonds is 4. The number of carbonyl (C=O) groups excluding carboxylic acids is 1. The molecule has 0 unspecified atom stereocenters. The van der Waals surface area contributed by atoms with Gasteiger partial charge in [0.2, 0.25) is 5.91 Å². The third-order valence-electron chi connectivity index (χ3n) is 1.84. The average molecular weight is 190 g/mol. The Kier molecular flexibility index (Phi) is 3.88. The van der Waals surface area contributed by atoms with Gasteiger partial charge in [-0.1, -0.05) is 24.3 Å². The molecule has 14 heavy (non-hydrogen) atoms. The van der Waals surface area contributed by atoms with Crippen molar-refractivity contribution in [2.24, 2.45) is 11.5 Å². The van der Waals surface area contributed by atoms with Gasteiger partial charge in [-0.3, -0.25) is 4.79 Å². The van der Waals surface area contributed by atoms with Crippen LogP contribution < -0.4 is 11.5 Å². The first-order chi connectivity index (χ1) is 6.74. The Morgan fingerprint density at radius 2 is 1.93 bits per heavy atom. The third-order valence-corrected chi connectivity index (χ3v) is 1.84. The molecule has 0 spiro atoms. The molecule has 0 fully saturated rings. The fraction of sp³-hybridized carbons (Fsp3) is 0.182. The van der Waals surface area contributed by atoms with Crippen LogP contribution in [0.2, 0.25) is 0 Å². The minimum absolute atomic E-state index is 0.400. The second-order valence-electron chi connectivity index (χ2n) is 2.97. The number of amides is 1. The first kappa shape index (κ1) is 10.5. The molecule has 0 saturated heterocycles. The van der Waals surface area contributed by atoms with Crippen molar-refractivity contribution in [3.05, 3.63) is 41.5 Å². The van der Waals surface area contributed by atoms with E-state index in [4.69, 9.17) is 11.5 Å². The van der Waals surface area contributed by atoms with E-state index in [0.29, 0.717) is 12.1 Å². The van der Waals surface area contributed by atoms with E-state index in [-0.39, 0.29) is 0 Å². The van der Waals surface area contributed by atoms with Gasteiger partial charge in [-0.05, 0) is 30.7 Å². The first-order valence-corrected chi connectivity index (χ1v) is 4.50. The topological polar surface area (TPSA) is 69.1 Å². The van der Waals surface area contributed by atoms with Crippen LogP contribution in [0, 0.1) is 0 Å². The Hall–Kier alpha value is -1.61. The average Bonchev–Trinajstić information content (AvgIpc) is 2.19. The van der Waals surface area contributed by atoms with E-state index < -0.39 is 5.91 Å². The molecule has 0 atom stereocenters. The van der Waals surface area contributed by atoms with Crippen molar-refractivity contribution in [2.45, 2.75) is 6.42 Å². The molecule has 0 saturated carbocycles. The van der Waals surface area contributed by atoms with Crippen LogP contribution in [0.4, 0.5) is 0 Å². The number of carbonyl (C=O) groups is 1. The van der Waals surface area contributed by atoms with Crippen molar-refractivity contribution < 1.29 is 4.79 Å². The van der Waals surface area contributed by atoms with Crippen molar-refractivity contribution in [3.63, 3.8) is 0 Å². The molecule has 0 aromatic heterocycles. The number of nitrogens with two attached hydrogens (primary N) is 2. The molecule has 0 aliphatic heterocycles. The summed E-state index contributed by atoms with van der Waals surface area (Å²) in [6.45, 7) is 0.649. The molecule has 4 N–H and O–H groups in total. The second kappa shape index (κ2) is 5.19. The summed E-state index contributed by atoms with van der Waals surface area (Å²) < 4.78 is 0. The van der Waals surface area contributed by atoms with Crippen LogP contribution in [-0.4, -0.2) is 12.5 Å². The Morgan fingerprint density at radius 3 is 2.43 bits per heavy atom. The zero-order valence-corrected chi connectivity index (χ0v) is 7.94. The monoisotopic (exact) mass is 190 g/mol. The van der Waals surface area contributed by atoms with Gasteiger partial charge >= 0.3 is 0 Å². The van der Waals surface area contributed by atoms with E-state index in [0.717, 1.165) is 12.0 Å². The summed E-state index contributed by atoms with van der Waals surface area (Å²) >= 11 is 0. The Labute approximate surface area is 83.4 Å². The standard InChI is InChI=1S/C11H14N2O/c12-8-2-1-3-9-4-6-10(7-5-9)11(13)14/h1,3-7H,2,8,12H2,(H2,13,14). The lowest BCUT2D eigenvalue weighted by atomic mass is 10.1. The molecule has 1 rings (SSSR count). The van der Waals surface area contributed by atoms with E-state index in [1.54, 1.807) is 12.1 Å². The molecule has 0 heterocycles. The molecule has 0 radical (unpaired) electrons. The van der Waals surface area contributed by atoms with Gasteiger partial charge in [-0.15, -0.1) is 0 Å². The molecule has 3 nitrogen and oxygen atoms in total. The summed E-state index contributed by atoms with van der Waals surface area (Å²) in [6.07, 6.45) is 4.83. The molecule has 0 aliphatic rings. The normalized spacial score (nSPS) is 10.6. The molecule has 3 heteroatoms. The van der Waals surface area contributed by atoms with E-state index in [9.17, 15) is 4.79 Å². The number of hydrogen-bond donors (Lipinski definition) is 2. The molecule has 1 aromatic carbocycles. The lowest BCUT2D eigenvalue weighted by Crippen LogP contribution is -2.10. The van der Waals surface area contributed by atoms with Gasteiger partial charge in [0.15, 0.2) is 0 Å². The molecule has 0 aliphatic carbocycles. The van der Waals surface area contributed by atoms with Gasteiger partial charge in [0.1, 0.15) is 0 Å². The smallest absolute Gasteiger partial charge is 0.248 e. The highest BCUT2D eigenvalue weighted by atomic mass is 16.1. The minimum atomic E-state index is -0.400. The highest BCUT2D eigenvalue weighted by Gasteiger charge is 1.97. The molecule has 1 aromatic rings. The van der Waals surface area contributed by atoms with Crippen LogP contribution in [-0.2, 0) is 0 Å².